The van der Waals surface area contributed by atoms with Crippen molar-refractivity contribution in [3.8, 4) is 0 Å². The van der Waals surface area contributed by atoms with E-state index in [-0.39, 0.29) is 0 Å². The lowest BCUT2D eigenvalue weighted by atomic mass is 9.79. The van der Waals surface area contributed by atoms with Crippen LogP contribution in [-0.2, 0) is 0 Å². The van der Waals surface area contributed by atoms with Gasteiger partial charge >= 0.3 is 0 Å². The minimum atomic E-state index is 0.643. The second kappa shape index (κ2) is 6.20. The van der Waals surface area contributed by atoms with Gasteiger partial charge in [-0.15, -0.1) is 0 Å². The summed E-state index contributed by atoms with van der Waals surface area (Å²) in [4.78, 5) is 0. The van der Waals surface area contributed by atoms with Crippen LogP contribution >= 0.6 is 0 Å². The zero-order valence-electron chi connectivity index (χ0n) is 11.2. The lowest BCUT2D eigenvalue weighted by molar-refractivity contribution is 0.301. The van der Waals surface area contributed by atoms with Gasteiger partial charge in [-0.1, -0.05) is 50.1 Å². The van der Waals surface area contributed by atoms with Gasteiger partial charge in [0.25, 0.3) is 0 Å². The molecule has 1 fully saturated rings. The average molecular weight is 231 g/mol. The van der Waals surface area contributed by atoms with Crippen LogP contribution in [0.3, 0.4) is 0 Å². The van der Waals surface area contributed by atoms with Gasteiger partial charge in [-0.05, 0) is 37.7 Å². The van der Waals surface area contributed by atoms with Gasteiger partial charge in [0.15, 0.2) is 0 Å². The molecule has 2 rings (SSSR count). The molecule has 94 valence electrons. The van der Waals surface area contributed by atoms with Crippen LogP contribution < -0.4 is 5.32 Å². The van der Waals surface area contributed by atoms with Gasteiger partial charge in [0, 0.05) is 12.1 Å². The molecule has 0 aliphatic heterocycles. The topological polar surface area (TPSA) is 12.0 Å². The van der Waals surface area contributed by atoms with E-state index in [4.69, 9.17) is 0 Å². The van der Waals surface area contributed by atoms with Crippen LogP contribution in [0.5, 0.6) is 0 Å². The highest BCUT2D eigenvalue weighted by Gasteiger charge is 2.26. The van der Waals surface area contributed by atoms with Gasteiger partial charge in [0.2, 0.25) is 0 Å². The first kappa shape index (κ1) is 12.6. The Kier molecular flexibility index (Phi) is 4.61. The summed E-state index contributed by atoms with van der Waals surface area (Å²) in [7, 11) is 0. The summed E-state index contributed by atoms with van der Waals surface area (Å²) in [6.07, 6.45) is 6.68. The lowest BCUT2D eigenvalue weighted by Gasteiger charge is -2.34. The van der Waals surface area contributed by atoms with E-state index in [1.54, 1.807) is 0 Å². The number of hydrogen-bond acceptors (Lipinski definition) is 1. The molecule has 0 bridgehead atoms. The Labute approximate surface area is 106 Å². The van der Waals surface area contributed by atoms with Crippen LogP contribution in [0.15, 0.2) is 30.3 Å². The zero-order chi connectivity index (χ0) is 12.1. The van der Waals surface area contributed by atoms with E-state index < -0.39 is 0 Å². The van der Waals surface area contributed by atoms with E-state index in [0.717, 1.165) is 5.92 Å². The van der Waals surface area contributed by atoms with Gasteiger partial charge in [-0.25, -0.2) is 0 Å². The van der Waals surface area contributed by atoms with Gasteiger partial charge < -0.3 is 5.32 Å². The van der Waals surface area contributed by atoms with Gasteiger partial charge in [-0.3, -0.25) is 0 Å². The molecule has 1 aliphatic carbocycles. The summed E-state index contributed by atoms with van der Waals surface area (Å²) in [5.74, 6) is 0.721. The quantitative estimate of drug-likeness (QED) is 0.822. The molecule has 3 unspecified atom stereocenters. The van der Waals surface area contributed by atoms with Crippen molar-refractivity contribution in [2.24, 2.45) is 0 Å². The largest absolute Gasteiger partial charge is 0.311 e. The molecule has 17 heavy (non-hydrogen) atoms. The highest BCUT2D eigenvalue weighted by atomic mass is 15.0. The molecule has 0 amide bonds. The maximum absolute atomic E-state index is 3.82. The lowest BCUT2D eigenvalue weighted by Crippen LogP contribution is -2.41. The smallest absolute Gasteiger partial charge is 0.0138 e. The Morgan fingerprint density at radius 2 is 1.88 bits per heavy atom. The molecule has 0 heterocycles. The fourth-order valence-corrected chi connectivity index (χ4v) is 2.91. The third-order valence-corrected chi connectivity index (χ3v) is 4.10. The van der Waals surface area contributed by atoms with Crippen molar-refractivity contribution in [2.75, 3.05) is 0 Å². The minimum Gasteiger partial charge on any atom is -0.311 e. The molecule has 0 saturated heterocycles. The molecule has 0 spiro atoms. The predicted octanol–water partition coefficient (Wildman–Crippen LogP) is 4.10. The van der Waals surface area contributed by atoms with Gasteiger partial charge in [0.1, 0.15) is 0 Å². The summed E-state index contributed by atoms with van der Waals surface area (Å²) in [6.45, 7) is 4.56. The Morgan fingerprint density at radius 1 is 1.18 bits per heavy atom. The molecular formula is C16H25N. The first-order valence-electron chi connectivity index (χ1n) is 7.12. The summed E-state index contributed by atoms with van der Waals surface area (Å²) >= 11 is 0. The molecule has 1 saturated carbocycles. The van der Waals surface area contributed by atoms with Gasteiger partial charge in [0.05, 0.1) is 0 Å². The summed E-state index contributed by atoms with van der Waals surface area (Å²) in [6, 6.07) is 12.4. The van der Waals surface area contributed by atoms with Crippen molar-refractivity contribution in [3.05, 3.63) is 35.9 Å². The maximum atomic E-state index is 3.82. The molecule has 1 aromatic rings. The molecule has 1 N–H and O–H groups in total. The van der Waals surface area contributed by atoms with Crippen molar-refractivity contribution in [3.63, 3.8) is 0 Å². The Hall–Kier alpha value is -0.820. The Morgan fingerprint density at radius 3 is 2.59 bits per heavy atom. The molecule has 1 aromatic carbocycles. The molecule has 1 aliphatic rings. The summed E-state index contributed by atoms with van der Waals surface area (Å²) in [5.41, 5.74) is 1.52. The standard InChI is InChI=1S/C16H25N/c1-3-13(2)17-16-12-8-7-11-15(16)14-9-5-4-6-10-14/h4-6,9-10,13,15-17H,3,7-8,11-12H2,1-2H3. The SMILES string of the molecule is CCC(C)NC1CCCCC1c1ccccc1. The maximum Gasteiger partial charge on any atom is 0.0138 e. The number of rotatable bonds is 4. The van der Waals surface area contributed by atoms with E-state index in [1.807, 2.05) is 0 Å². The first-order valence-corrected chi connectivity index (χ1v) is 7.12. The molecule has 1 heteroatoms. The Bertz CT molecular complexity index is 320. The van der Waals surface area contributed by atoms with Crippen molar-refractivity contribution in [2.45, 2.75) is 64.0 Å². The fourth-order valence-electron chi connectivity index (χ4n) is 2.91. The normalized spacial score (nSPS) is 26.7. The van der Waals surface area contributed by atoms with Gasteiger partial charge in [-0.2, -0.15) is 0 Å². The van der Waals surface area contributed by atoms with Crippen LogP contribution in [0.4, 0.5) is 0 Å². The average Bonchev–Trinajstić information content (AvgIpc) is 2.40. The van der Waals surface area contributed by atoms with Crippen LogP contribution in [0, 0.1) is 0 Å². The van der Waals surface area contributed by atoms with Crippen molar-refractivity contribution < 1.29 is 0 Å². The first-order chi connectivity index (χ1) is 8.31. The second-order valence-electron chi connectivity index (χ2n) is 5.38. The highest BCUT2D eigenvalue weighted by molar-refractivity contribution is 5.22. The van der Waals surface area contributed by atoms with Crippen LogP contribution in [0.25, 0.3) is 0 Å². The third kappa shape index (κ3) is 3.32. The van der Waals surface area contributed by atoms with Crippen molar-refractivity contribution in [1.82, 2.24) is 5.32 Å². The van der Waals surface area contributed by atoms with E-state index >= 15 is 0 Å². The predicted molar refractivity (Wildman–Crippen MR) is 74.3 cm³/mol. The van der Waals surface area contributed by atoms with Crippen LogP contribution in [-0.4, -0.2) is 12.1 Å². The summed E-state index contributed by atoms with van der Waals surface area (Å²) < 4.78 is 0. The number of nitrogens with one attached hydrogen (secondary N) is 1. The van der Waals surface area contributed by atoms with E-state index in [2.05, 4.69) is 49.5 Å². The minimum absolute atomic E-state index is 0.643. The van der Waals surface area contributed by atoms with E-state index in [9.17, 15) is 0 Å². The molecule has 1 nitrogen and oxygen atoms in total. The molecular weight excluding hydrogens is 206 g/mol. The van der Waals surface area contributed by atoms with E-state index in [1.165, 1.54) is 37.7 Å². The van der Waals surface area contributed by atoms with Crippen LogP contribution in [0.2, 0.25) is 0 Å². The second-order valence-corrected chi connectivity index (χ2v) is 5.38. The molecule has 3 atom stereocenters. The summed E-state index contributed by atoms with van der Waals surface area (Å²) in [5, 5.41) is 3.82. The highest BCUT2D eigenvalue weighted by Crippen LogP contribution is 2.33. The van der Waals surface area contributed by atoms with Crippen LogP contribution in [0.1, 0.15) is 57.4 Å². The monoisotopic (exact) mass is 231 g/mol. The van der Waals surface area contributed by atoms with E-state index in [0.29, 0.717) is 12.1 Å². The van der Waals surface area contributed by atoms with Crippen molar-refractivity contribution >= 4 is 0 Å². The molecule has 0 aromatic heterocycles. The third-order valence-electron chi connectivity index (χ3n) is 4.10. The zero-order valence-corrected chi connectivity index (χ0v) is 11.2. The Balaban J connectivity index is 2.07. The molecule has 0 radical (unpaired) electrons. The fraction of sp³-hybridized carbons (Fsp3) is 0.625. The number of hydrogen-bond donors (Lipinski definition) is 1. The number of benzene rings is 1. The van der Waals surface area contributed by atoms with Crippen molar-refractivity contribution in [1.29, 1.82) is 0 Å².